The first-order chi connectivity index (χ1) is 6.45. The quantitative estimate of drug-likeness (QED) is 0.671. The fraction of sp³-hybridized carbons (Fsp3) is 1.00. The molecule has 1 aliphatic rings. The van der Waals surface area contributed by atoms with Crippen molar-refractivity contribution < 1.29 is 0 Å². The van der Waals surface area contributed by atoms with E-state index in [9.17, 15) is 0 Å². The lowest BCUT2D eigenvalue weighted by atomic mass is 10.0. The monoisotopic (exact) mass is 198 g/mol. The van der Waals surface area contributed by atoms with Crippen LogP contribution in [0.3, 0.4) is 0 Å². The maximum Gasteiger partial charge on any atom is 0.0200 e. The van der Waals surface area contributed by atoms with Crippen molar-refractivity contribution in [2.24, 2.45) is 0 Å². The van der Waals surface area contributed by atoms with Gasteiger partial charge in [0.05, 0.1) is 0 Å². The molecule has 0 radical (unpaired) electrons. The SMILES string of the molecule is CCCN1CCN(C(C)(C)C)[C@H](C)C1. The summed E-state index contributed by atoms with van der Waals surface area (Å²) in [6.07, 6.45) is 1.28. The third-order valence-corrected chi connectivity index (χ3v) is 3.11. The van der Waals surface area contributed by atoms with Gasteiger partial charge < -0.3 is 4.90 Å². The maximum atomic E-state index is 2.62. The Morgan fingerprint density at radius 3 is 2.29 bits per heavy atom. The molecular weight excluding hydrogens is 172 g/mol. The molecule has 2 nitrogen and oxygen atoms in total. The zero-order valence-corrected chi connectivity index (χ0v) is 10.5. The van der Waals surface area contributed by atoms with Crippen molar-refractivity contribution in [3.05, 3.63) is 0 Å². The largest absolute Gasteiger partial charge is 0.301 e. The van der Waals surface area contributed by atoms with Crippen LogP contribution in [-0.2, 0) is 0 Å². The topological polar surface area (TPSA) is 6.48 Å². The summed E-state index contributed by atoms with van der Waals surface area (Å²) < 4.78 is 0. The highest BCUT2D eigenvalue weighted by atomic mass is 15.3. The molecule has 0 unspecified atom stereocenters. The van der Waals surface area contributed by atoms with Gasteiger partial charge in [0.25, 0.3) is 0 Å². The summed E-state index contributed by atoms with van der Waals surface area (Å²) in [5, 5.41) is 0. The van der Waals surface area contributed by atoms with Gasteiger partial charge in [0.15, 0.2) is 0 Å². The summed E-state index contributed by atoms with van der Waals surface area (Å²) in [4.78, 5) is 5.21. The number of nitrogens with zero attached hydrogens (tertiary/aromatic N) is 2. The average molecular weight is 198 g/mol. The van der Waals surface area contributed by atoms with Gasteiger partial charge >= 0.3 is 0 Å². The molecule has 1 heterocycles. The first-order valence-corrected chi connectivity index (χ1v) is 5.94. The van der Waals surface area contributed by atoms with Crippen molar-refractivity contribution in [1.29, 1.82) is 0 Å². The molecule has 1 aliphatic heterocycles. The second-order valence-corrected chi connectivity index (χ2v) is 5.51. The summed E-state index contributed by atoms with van der Waals surface area (Å²) in [7, 11) is 0. The molecule has 0 amide bonds. The predicted molar refractivity (Wildman–Crippen MR) is 62.7 cm³/mol. The van der Waals surface area contributed by atoms with E-state index < -0.39 is 0 Å². The van der Waals surface area contributed by atoms with E-state index in [-0.39, 0.29) is 0 Å². The minimum Gasteiger partial charge on any atom is -0.301 e. The van der Waals surface area contributed by atoms with Gasteiger partial charge in [-0.1, -0.05) is 6.92 Å². The van der Waals surface area contributed by atoms with Gasteiger partial charge in [0.2, 0.25) is 0 Å². The molecule has 0 aromatic carbocycles. The Morgan fingerprint density at radius 1 is 1.21 bits per heavy atom. The van der Waals surface area contributed by atoms with Crippen molar-refractivity contribution in [2.75, 3.05) is 26.2 Å². The molecule has 0 spiro atoms. The number of rotatable bonds is 2. The summed E-state index contributed by atoms with van der Waals surface area (Å²) in [5.74, 6) is 0. The molecule has 1 atom stereocenters. The Kier molecular flexibility index (Phi) is 3.96. The van der Waals surface area contributed by atoms with E-state index in [4.69, 9.17) is 0 Å². The molecule has 0 saturated carbocycles. The van der Waals surface area contributed by atoms with E-state index in [0.29, 0.717) is 11.6 Å². The van der Waals surface area contributed by atoms with Gasteiger partial charge in [-0.3, -0.25) is 4.90 Å². The number of piperazine rings is 1. The molecule has 2 heteroatoms. The van der Waals surface area contributed by atoms with E-state index in [1.807, 2.05) is 0 Å². The summed E-state index contributed by atoms with van der Waals surface area (Å²) in [5.41, 5.74) is 0.331. The van der Waals surface area contributed by atoms with Crippen LogP contribution in [0.2, 0.25) is 0 Å². The molecule has 0 aromatic rings. The molecule has 0 aliphatic carbocycles. The van der Waals surface area contributed by atoms with Crippen LogP contribution >= 0.6 is 0 Å². The summed E-state index contributed by atoms with van der Waals surface area (Å²) in [6, 6.07) is 0.704. The standard InChI is InChI=1S/C12H26N2/c1-6-7-13-8-9-14(11(2)10-13)12(3,4)5/h11H,6-10H2,1-5H3/t11-/m1/s1. The molecule has 84 valence electrons. The van der Waals surface area contributed by atoms with Gasteiger partial charge in [-0.15, -0.1) is 0 Å². The summed E-state index contributed by atoms with van der Waals surface area (Å²) in [6.45, 7) is 16.6. The van der Waals surface area contributed by atoms with E-state index >= 15 is 0 Å². The average Bonchev–Trinajstić information content (AvgIpc) is 2.02. The molecule has 1 saturated heterocycles. The zero-order valence-electron chi connectivity index (χ0n) is 10.5. The zero-order chi connectivity index (χ0) is 10.8. The van der Waals surface area contributed by atoms with Crippen LogP contribution in [0, 0.1) is 0 Å². The lowest BCUT2D eigenvalue weighted by Gasteiger charge is -2.46. The van der Waals surface area contributed by atoms with Crippen LogP contribution in [0.25, 0.3) is 0 Å². The van der Waals surface area contributed by atoms with E-state index in [2.05, 4.69) is 44.4 Å². The number of hydrogen-bond donors (Lipinski definition) is 0. The van der Waals surface area contributed by atoms with Crippen LogP contribution < -0.4 is 0 Å². The van der Waals surface area contributed by atoms with Crippen LogP contribution in [0.15, 0.2) is 0 Å². The molecule has 0 bridgehead atoms. The van der Waals surface area contributed by atoms with Gasteiger partial charge in [0, 0.05) is 31.2 Å². The third kappa shape index (κ3) is 2.96. The van der Waals surface area contributed by atoms with Crippen molar-refractivity contribution >= 4 is 0 Å². The van der Waals surface area contributed by atoms with Crippen molar-refractivity contribution in [3.63, 3.8) is 0 Å². The lowest BCUT2D eigenvalue weighted by Crippen LogP contribution is -2.58. The number of hydrogen-bond acceptors (Lipinski definition) is 2. The molecule has 1 rings (SSSR count). The Labute approximate surface area is 89.3 Å². The smallest absolute Gasteiger partial charge is 0.0200 e. The van der Waals surface area contributed by atoms with E-state index in [0.717, 1.165) is 0 Å². The van der Waals surface area contributed by atoms with Gasteiger partial charge in [-0.05, 0) is 40.7 Å². The first-order valence-electron chi connectivity index (χ1n) is 5.94. The van der Waals surface area contributed by atoms with Crippen molar-refractivity contribution in [1.82, 2.24) is 9.80 Å². The third-order valence-electron chi connectivity index (χ3n) is 3.11. The van der Waals surface area contributed by atoms with E-state index in [1.165, 1.54) is 32.6 Å². The molecule has 1 fully saturated rings. The lowest BCUT2D eigenvalue weighted by molar-refractivity contribution is 0.0182. The molecule has 0 aromatic heterocycles. The maximum absolute atomic E-state index is 2.62. The Balaban J connectivity index is 2.48. The van der Waals surface area contributed by atoms with Crippen LogP contribution in [0.1, 0.15) is 41.0 Å². The van der Waals surface area contributed by atoms with Crippen LogP contribution in [0.5, 0.6) is 0 Å². The van der Waals surface area contributed by atoms with Crippen molar-refractivity contribution in [2.45, 2.75) is 52.6 Å². The molecule has 0 N–H and O–H groups in total. The normalized spacial score (nSPS) is 26.8. The van der Waals surface area contributed by atoms with Gasteiger partial charge in [-0.2, -0.15) is 0 Å². The fourth-order valence-electron chi connectivity index (χ4n) is 2.55. The predicted octanol–water partition coefficient (Wildman–Crippen LogP) is 2.20. The van der Waals surface area contributed by atoms with Crippen LogP contribution in [0.4, 0.5) is 0 Å². The van der Waals surface area contributed by atoms with Crippen molar-refractivity contribution in [3.8, 4) is 0 Å². The minimum absolute atomic E-state index is 0.331. The second-order valence-electron chi connectivity index (χ2n) is 5.51. The van der Waals surface area contributed by atoms with E-state index in [1.54, 1.807) is 0 Å². The Hall–Kier alpha value is -0.0800. The Morgan fingerprint density at radius 2 is 1.86 bits per heavy atom. The molecular formula is C12H26N2. The minimum atomic E-state index is 0.331. The van der Waals surface area contributed by atoms with Gasteiger partial charge in [0.1, 0.15) is 0 Å². The Bertz CT molecular complexity index is 172. The highest BCUT2D eigenvalue weighted by Crippen LogP contribution is 2.20. The highest BCUT2D eigenvalue weighted by molar-refractivity contribution is 4.87. The van der Waals surface area contributed by atoms with Gasteiger partial charge in [-0.25, -0.2) is 0 Å². The first kappa shape index (κ1) is 12.0. The van der Waals surface area contributed by atoms with Crippen LogP contribution in [-0.4, -0.2) is 47.6 Å². The second kappa shape index (κ2) is 4.63. The fourth-order valence-corrected chi connectivity index (χ4v) is 2.55. The highest BCUT2D eigenvalue weighted by Gasteiger charge is 2.30. The summed E-state index contributed by atoms with van der Waals surface area (Å²) >= 11 is 0. The molecule has 14 heavy (non-hydrogen) atoms.